The summed E-state index contributed by atoms with van der Waals surface area (Å²) in [5.41, 5.74) is 1.38. The number of halogens is 3. The molecule has 0 bridgehead atoms. The summed E-state index contributed by atoms with van der Waals surface area (Å²) in [7, 11) is 0. The minimum Gasteiger partial charge on any atom is -0.456 e. The van der Waals surface area contributed by atoms with Gasteiger partial charge in [0, 0.05) is 29.2 Å². The normalized spacial score (nSPS) is 17.8. The van der Waals surface area contributed by atoms with Crippen molar-refractivity contribution in [2.45, 2.75) is 26.6 Å². The van der Waals surface area contributed by atoms with E-state index in [9.17, 15) is 18.0 Å². The summed E-state index contributed by atoms with van der Waals surface area (Å²) in [6, 6.07) is 12.6. The second kappa shape index (κ2) is 11.1. The molecular weight excluding hydrogens is 507 g/mol. The van der Waals surface area contributed by atoms with Crippen molar-refractivity contribution in [3.8, 4) is 11.5 Å². The third-order valence-corrected chi connectivity index (χ3v) is 7.37. The SMILES string of the molecule is CC[NH+]1CC[NH+](Cc2ccc(NC(=O)c3ccc(C)c(Oc4ccnc5[nH]ccc45)c3)cc2C(F)(F)F)CC1. The molecule has 0 aliphatic carbocycles. The number of quaternary nitrogens is 2. The van der Waals surface area contributed by atoms with Gasteiger partial charge in [0.25, 0.3) is 5.91 Å². The number of nitrogens with zero attached hydrogens (tertiary/aromatic N) is 1. The van der Waals surface area contributed by atoms with Crippen molar-refractivity contribution in [2.24, 2.45) is 0 Å². The summed E-state index contributed by atoms with van der Waals surface area (Å²) in [5.74, 6) is 0.522. The Morgan fingerprint density at radius 1 is 1.03 bits per heavy atom. The number of aromatic nitrogens is 2. The number of nitrogens with one attached hydrogen (secondary N) is 4. The smallest absolute Gasteiger partial charge is 0.416 e. The zero-order valence-electron chi connectivity index (χ0n) is 21.9. The Bertz CT molecular complexity index is 1480. The fraction of sp³-hybridized carbons (Fsp3) is 0.310. The predicted octanol–water partition coefficient (Wildman–Crippen LogP) is 3.24. The van der Waals surface area contributed by atoms with Crippen LogP contribution in [-0.2, 0) is 12.7 Å². The van der Waals surface area contributed by atoms with E-state index in [1.54, 1.807) is 42.7 Å². The van der Waals surface area contributed by atoms with E-state index in [-0.39, 0.29) is 16.8 Å². The molecule has 1 aliphatic rings. The van der Waals surface area contributed by atoms with Crippen LogP contribution in [0.2, 0.25) is 0 Å². The highest BCUT2D eigenvalue weighted by Crippen LogP contribution is 2.34. The van der Waals surface area contributed by atoms with E-state index < -0.39 is 17.6 Å². The number of fused-ring (bicyclic) bond motifs is 1. The third-order valence-electron chi connectivity index (χ3n) is 7.37. The van der Waals surface area contributed by atoms with Gasteiger partial charge in [-0.1, -0.05) is 12.1 Å². The Kier molecular flexibility index (Phi) is 7.58. The number of amides is 1. The van der Waals surface area contributed by atoms with Gasteiger partial charge in [-0.05, 0) is 55.8 Å². The van der Waals surface area contributed by atoms with Gasteiger partial charge in [0.2, 0.25) is 0 Å². The number of carbonyl (C=O) groups excluding carboxylic acids is 1. The van der Waals surface area contributed by atoms with Crippen LogP contribution in [0.1, 0.15) is 34.0 Å². The number of alkyl halides is 3. The molecule has 0 atom stereocenters. The number of likely N-dealkylation sites (N-methyl/N-ethyl adjacent to an activating group) is 1. The first-order chi connectivity index (χ1) is 18.7. The highest BCUT2D eigenvalue weighted by atomic mass is 19.4. The van der Waals surface area contributed by atoms with E-state index in [1.165, 1.54) is 11.0 Å². The van der Waals surface area contributed by atoms with Gasteiger partial charge in [-0.15, -0.1) is 0 Å². The second-order valence-corrected chi connectivity index (χ2v) is 9.99. The molecule has 0 saturated carbocycles. The summed E-state index contributed by atoms with van der Waals surface area (Å²) < 4.78 is 48.1. The molecule has 3 heterocycles. The van der Waals surface area contributed by atoms with Crippen molar-refractivity contribution in [2.75, 3.05) is 38.0 Å². The van der Waals surface area contributed by atoms with Crippen LogP contribution < -0.4 is 19.9 Å². The number of ether oxygens (including phenoxy) is 1. The fourth-order valence-corrected chi connectivity index (χ4v) is 5.03. The topological polar surface area (TPSA) is 75.9 Å². The van der Waals surface area contributed by atoms with E-state index in [4.69, 9.17) is 4.74 Å². The van der Waals surface area contributed by atoms with Gasteiger partial charge < -0.3 is 24.8 Å². The number of carbonyl (C=O) groups is 1. The van der Waals surface area contributed by atoms with Crippen LogP contribution >= 0.6 is 0 Å². The van der Waals surface area contributed by atoms with E-state index in [0.717, 1.165) is 54.6 Å². The summed E-state index contributed by atoms with van der Waals surface area (Å²) >= 11 is 0. The van der Waals surface area contributed by atoms with Crippen molar-refractivity contribution in [1.82, 2.24) is 9.97 Å². The number of anilines is 1. The molecule has 4 aromatic rings. The first kappa shape index (κ1) is 26.7. The van der Waals surface area contributed by atoms with Gasteiger partial charge in [-0.25, -0.2) is 4.98 Å². The molecule has 2 aromatic carbocycles. The molecule has 1 amide bonds. The molecule has 7 nitrogen and oxygen atoms in total. The highest BCUT2D eigenvalue weighted by molar-refractivity contribution is 6.04. The number of aryl methyl sites for hydroxylation is 1. The number of hydrogen-bond acceptors (Lipinski definition) is 3. The Hall–Kier alpha value is -3.89. The zero-order chi connectivity index (χ0) is 27.6. The lowest BCUT2D eigenvalue weighted by atomic mass is 10.0. The molecule has 204 valence electrons. The van der Waals surface area contributed by atoms with Gasteiger partial charge in [0.15, 0.2) is 0 Å². The van der Waals surface area contributed by atoms with Crippen LogP contribution in [0.15, 0.2) is 60.9 Å². The lowest BCUT2D eigenvalue weighted by Gasteiger charge is -2.29. The monoisotopic (exact) mass is 539 g/mol. The van der Waals surface area contributed by atoms with Crippen molar-refractivity contribution in [3.63, 3.8) is 0 Å². The highest BCUT2D eigenvalue weighted by Gasteiger charge is 2.35. The molecule has 0 spiro atoms. The molecule has 39 heavy (non-hydrogen) atoms. The lowest BCUT2D eigenvalue weighted by molar-refractivity contribution is -1.02. The molecule has 5 rings (SSSR count). The maximum absolute atomic E-state index is 14.0. The molecule has 1 aliphatic heterocycles. The van der Waals surface area contributed by atoms with Crippen LogP contribution in [0.4, 0.5) is 18.9 Å². The average Bonchev–Trinajstić information content (AvgIpc) is 3.40. The summed E-state index contributed by atoms with van der Waals surface area (Å²) in [6.07, 6.45) is -1.14. The van der Waals surface area contributed by atoms with E-state index >= 15 is 0 Å². The fourth-order valence-electron chi connectivity index (χ4n) is 5.03. The van der Waals surface area contributed by atoms with Gasteiger partial charge in [-0.2, -0.15) is 13.2 Å². The Morgan fingerprint density at radius 2 is 1.79 bits per heavy atom. The Morgan fingerprint density at radius 3 is 2.54 bits per heavy atom. The lowest BCUT2D eigenvalue weighted by Crippen LogP contribution is -3.27. The Balaban J connectivity index is 1.33. The number of rotatable bonds is 7. The average molecular weight is 540 g/mol. The largest absolute Gasteiger partial charge is 0.456 e. The van der Waals surface area contributed by atoms with Crippen molar-refractivity contribution in [3.05, 3.63) is 83.2 Å². The minimum absolute atomic E-state index is 0.0949. The molecule has 0 unspecified atom stereocenters. The van der Waals surface area contributed by atoms with Gasteiger partial charge in [0.1, 0.15) is 49.9 Å². The van der Waals surface area contributed by atoms with Crippen molar-refractivity contribution >= 4 is 22.6 Å². The van der Waals surface area contributed by atoms with Crippen LogP contribution in [0.3, 0.4) is 0 Å². The minimum atomic E-state index is -4.52. The molecule has 0 radical (unpaired) electrons. The van der Waals surface area contributed by atoms with Crippen molar-refractivity contribution in [1.29, 1.82) is 0 Å². The molecule has 1 fully saturated rings. The van der Waals surface area contributed by atoms with Gasteiger partial charge in [-0.3, -0.25) is 4.79 Å². The zero-order valence-corrected chi connectivity index (χ0v) is 21.9. The standard InChI is InChI=1S/C29H30F3N5O2/c1-3-36-12-14-37(15-13-36)18-21-6-7-22(17-24(21)29(30,31)32)35-28(38)20-5-4-19(2)26(16-20)39-25-9-11-34-27-23(25)8-10-33-27/h4-11,16-17H,3,12-15,18H2,1-2H3,(H,33,34)(H,35,38)/p+2. The van der Waals surface area contributed by atoms with Crippen LogP contribution in [0, 0.1) is 6.92 Å². The summed E-state index contributed by atoms with van der Waals surface area (Å²) in [4.78, 5) is 23.0. The first-order valence-corrected chi connectivity index (χ1v) is 13.1. The van der Waals surface area contributed by atoms with E-state index in [1.807, 2.05) is 13.0 Å². The number of H-pyrrole nitrogens is 1. The second-order valence-electron chi connectivity index (χ2n) is 9.99. The van der Waals surface area contributed by atoms with Crippen molar-refractivity contribution < 1.29 is 32.5 Å². The molecular formula is C29H32F3N5O2+2. The summed E-state index contributed by atoms with van der Waals surface area (Å²) in [5, 5.41) is 3.42. The van der Waals surface area contributed by atoms with E-state index in [2.05, 4.69) is 22.2 Å². The molecule has 1 saturated heterocycles. The third kappa shape index (κ3) is 6.07. The van der Waals surface area contributed by atoms with Crippen LogP contribution in [-0.4, -0.2) is 48.6 Å². The number of hydrogen-bond donors (Lipinski definition) is 4. The predicted molar refractivity (Wildman–Crippen MR) is 142 cm³/mol. The number of aromatic amines is 1. The number of benzene rings is 2. The van der Waals surface area contributed by atoms with Gasteiger partial charge in [0.05, 0.1) is 17.5 Å². The molecule has 4 N–H and O–H groups in total. The summed E-state index contributed by atoms with van der Waals surface area (Å²) in [6.45, 7) is 8.92. The number of pyridine rings is 1. The maximum Gasteiger partial charge on any atom is 0.416 e. The maximum atomic E-state index is 14.0. The molecule has 10 heteroatoms. The molecule has 2 aromatic heterocycles. The van der Waals surface area contributed by atoms with Gasteiger partial charge >= 0.3 is 6.18 Å². The van der Waals surface area contributed by atoms with E-state index in [0.29, 0.717) is 23.7 Å². The first-order valence-electron chi connectivity index (χ1n) is 13.1. The van der Waals surface area contributed by atoms with Crippen LogP contribution in [0.25, 0.3) is 11.0 Å². The number of piperazine rings is 1. The quantitative estimate of drug-likeness (QED) is 0.291. The van der Waals surface area contributed by atoms with Crippen LogP contribution in [0.5, 0.6) is 11.5 Å². The Labute approximate surface area is 224 Å².